The summed E-state index contributed by atoms with van der Waals surface area (Å²) in [7, 11) is 0. The van der Waals surface area contributed by atoms with Gasteiger partial charge in [-0.05, 0) is 38.2 Å². The third kappa shape index (κ3) is 4.81. The third-order valence-electron chi connectivity index (χ3n) is 5.12. The lowest BCUT2D eigenvalue weighted by atomic mass is 9.85. The van der Waals surface area contributed by atoms with Crippen LogP contribution in [0.25, 0.3) is 0 Å². The summed E-state index contributed by atoms with van der Waals surface area (Å²) in [4.78, 5) is 17.1. The van der Waals surface area contributed by atoms with Gasteiger partial charge in [0.1, 0.15) is 0 Å². The molecule has 4 nitrogen and oxygen atoms in total. The van der Waals surface area contributed by atoms with Crippen LogP contribution >= 0.6 is 0 Å². The number of rotatable bonds is 6. The molecule has 1 saturated carbocycles. The van der Waals surface area contributed by atoms with Gasteiger partial charge >= 0.3 is 0 Å². The van der Waals surface area contributed by atoms with Crippen LogP contribution in [0.5, 0.6) is 0 Å². The highest BCUT2D eigenvalue weighted by Gasteiger charge is 2.28. The smallest absolute Gasteiger partial charge is 0.236 e. The summed E-state index contributed by atoms with van der Waals surface area (Å²) >= 11 is 0. The lowest BCUT2D eigenvalue weighted by Gasteiger charge is -2.37. The molecule has 0 aromatic heterocycles. The van der Waals surface area contributed by atoms with Gasteiger partial charge in [-0.15, -0.1) is 0 Å². The van der Waals surface area contributed by atoms with Crippen molar-refractivity contribution < 1.29 is 9.53 Å². The van der Waals surface area contributed by atoms with Crippen molar-refractivity contribution >= 4 is 5.91 Å². The zero-order valence-corrected chi connectivity index (χ0v) is 15.0. The standard InChI is InChI=1S/C20H30N2O2/c1-16-11-22(12-17(2)24-16)20(23)15-21(14-19-9-6-10-19)13-18-7-4-3-5-8-18/h3-5,7-8,16-17,19H,6,9-15H2,1-2H3. The molecule has 1 aliphatic carbocycles. The molecule has 2 fully saturated rings. The van der Waals surface area contributed by atoms with E-state index < -0.39 is 0 Å². The minimum absolute atomic E-state index is 0.131. The number of carbonyl (C=O) groups excluding carboxylic acids is 1. The Labute approximate surface area is 145 Å². The number of amides is 1. The third-order valence-corrected chi connectivity index (χ3v) is 5.12. The van der Waals surface area contributed by atoms with Gasteiger partial charge in [0.05, 0.1) is 18.8 Å². The summed E-state index contributed by atoms with van der Waals surface area (Å²) in [5.41, 5.74) is 1.29. The maximum absolute atomic E-state index is 12.8. The van der Waals surface area contributed by atoms with Crippen LogP contribution in [-0.2, 0) is 16.1 Å². The van der Waals surface area contributed by atoms with Crippen molar-refractivity contribution in [1.29, 1.82) is 0 Å². The quantitative estimate of drug-likeness (QED) is 0.804. The Morgan fingerprint density at radius 3 is 2.42 bits per heavy atom. The normalized spacial score (nSPS) is 24.9. The first-order valence-corrected chi connectivity index (χ1v) is 9.29. The van der Waals surface area contributed by atoms with Gasteiger partial charge in [-0.25, -0.2) is 0 Å². The van der Waals surface area contributed by atoms with Gasteiger partial charge < -0.3 is 9.64 Å². The van der Waals surface area contributed by atoms with Gasteiger partial charge in [-0.2, -0.15) is 0 Å². The number of benzene rings is 1. The molecule has 0 N–H and O–H groups in total. The topological polar surface area (TPSA) is 32.8 Å². The van der Waals surface area contributed by atoms with Crippen molar-refractivity contribution in [3.63, 3.8) is 0 Å². The molecule has 1 aliphatic heterocycles. The summed E-state index contributed by atoms with van der Waals surface area (Å²) < 4.78 is 5.75. The molecule has 132 valence electrons. The lowest BCUT2D eigenvalue weighted by Crippen LogP contribution is -2.51. The number of hydrogen-bond acceptors (Lipinski definition) is 3. The van der Waals surface area contributed by atoms with Crippen molar-refractivity contribution in [2.45, 2.75) is 51.9 Å². The highest BCUT2D eigenvalue weighted by molar-refractivity contribution is 5.78. The molecule has 0 radical (unpaired) electrons. The molecule has 1 aromatic carbocycles. The van der Waals surface area contributed by atoms with E-state index in [2.05, 4.69) is 29.2 Å². The number of carbonyl (C=O) groups is 1. The summed E-state index contributed by atoms with van der Waals surface area (Å²) in [5.74, 6) is 1.01. The Kier molecular flexibility index (Phi) is 5.90. The largest absolute Gasteiger partial charge is 0.372 e. The first-order valence-electron chi connectivity index (χ1n) is 9.29. The van der Waals surface area contributed by atoms with Crippen molar-refractivity contribution in [3.05, 3.63) is 35.9 Å². The van der Waals surface area contributed by atoms with E-state index >= 15 is 0 Å². The Morgan fingerprint density at radius 1 is 1.17 bits per heavy atom. The van der Waals surface area contributed by atoms with E-state index in [0.29, 0.717) is 19.6 Å². The Hall–Kier alpha value is -1.39. The zero-order valence-electron chi connectivity index (χ0n) is 15.0. The second-order valence-corrected chi connectivity index (χ2v) is 7.51. The Balaban J connectivity index is 1.60. The molecule has 1 saturated heterocycles. The SMILES string of the molecule is CC1CN(C(=O)CN(Cc2ccccc2)CC2CCC2)CC(C)O1. The van der Waals surface area contributed by atoms with Crippen LogP contribution in [0.1, 0.15) is 38.7 Å². The van der Waals surface area contributed by atoms with Crippen LogP contribution in [0, 0.1) is 5.92 Å². The summed E-state index contributed by atoms with van der Waals surface area (Å²) in [6.45, 7) is 7.94. The van der Waals surface area contributed by atoms with Gasteiger partial charge in [-0.1, -0.05) is 36.8 Å². The molecule has 4 heteroatoms. The fourth-order valence-corrected chi connectivity index (χ4v) is 3.74. The number of hydrogen-bond donors (Lipinski definition) is 0. The van der Waals surface area contributed by atoms with Gasteiger partial charge in [-0.3, -0.25) is 9.69 Å². The molecule has 1 aromatic rings. The van der Waals surface area contributed by atoms with Gasteiger partial charge in [0.25, 0.3) is 0 Å². The lowest BCUT2D eigenvalue weighted by molar-refractivity contribution is -0.144. The molecule has 2 aliphatic rings. The molecule has 2 atom stereocenters. The molecule has 2 unspecified atom stereocenters. The predicted molar refractivity (Wildman–Crippen MR) is 95.6 cm³/mol. The number of morpholine rings is 1. The summed E-state index contributed by atoms with van der Waals surface area (Å²) in [6, 6.07) is 10.5. The van der Waals surface area contributed by atoms with Crippen molar-refractivity contribution in [1.82, 2.24) is 9.80 Å². The van der Waals surface area contributed by atoms with Gasteiger partial charge in [0.15, 0.2) is 0 Å². The second-order valence-electron chi connectivity index (χ2n) is 7.51. The Bertz CT molecular complexity index is 520. The van der Waals surface area contributed by atoms with E-state index in [1.54, 1.807) is 0 Å². The molecule has 1 heterocycles. The van der Waals surface area contributed by atoms with Crippen molar-refractivity contribution in [2.75, 3.05) is 26.2 Å². The van der Waals surface area contributed by atoms with E-state index in [9.17, 15) is 4.79 Å². The fourth-order valence-electron chi connectivity index (χ4n) is 3.74. The van der Waals surface area contributed by atoms with E-state index in [1.807, 2.05) is 24.8 Å². The molecular formula is C20H30N2O2. The van der Waals surface area contributed by atoms with Gasteiger partial charge in [0, 0.05) is 26.2 Å². The van der Waals surface area contributed by atoms with E-state index in [0.717, 1.165) is 19.0 Å². The monoisotopic (exact) mass is 330 g/mol. The van der Waals surface area contributed by atoms with Crippen LogP contribution in [0.15, 0.2) is 30.3 Å². The van der Waals surface area contributed by atoms with Crippen LogP contribution in [0.4, 0.5) is 0 Å². The molecule has 24 heavy (non-hydrogen) atoms. The molecule has 3 rings (SSSR count). The van der Waals surface area contributed by atoms with E-state index in [4.69, 9.17) is 4.74 Å². The maximum Gasteiger partial charge on any atom is 0.236 e. The fraction of sp³-hybridized carbons (Fsp3) is 0.650. The first-order chi connectivity index (χ1) is 11.6. The number of nitrogens with zero attached hydrogens (tertiary/aromatic N) is 2. The molecular weight excluding hydrogens is 300 g/mol. The molecule has 0 spiro atoms. The van der Waals surface area contributed by atoms with Crippen molar-refractivity contribution in [3.8, 4) is 0 Å². The zero-order chi connectivity index (χ0) is 16.9. The minimum Gasteiger partial charge on any atom is -0.372 e. The van der Waals surface area contributed by atoms with E-state index in [-0.39, 0.29) is 18.1 Å². The van der Waals surface area contributed by atoms with Crippen LogP contribution in [0.3, 0.4) is 0 Å². The average Bonchev–Trinajstić information content (AvgIpc) is 2.50. The predicted octanol–water partition coefficient (Wildman–Crippen LogP) is 2.92. The van der Waals surface area contributed by atoms with Crippen LogP contribution in [0.2, 0.25) is 0 Å². The number of ether oxygens (including phenoxy) is 1. The van der Waals surface area contributed by atoms with Crippen LogP contribution in [-0.4, -0.2) is 54.1 Å². The molecule has 1 amide bonds. The maximum atomic E-state index is 12.8. The summed E-state index contributed by atoms with van der Waals surface area (Å²) in [5, 5.41) is 0. The highest BCUT2D eigenvalue weighted by atomic mass is 16.5. The second kappa shape index (κ2) is 8.13. The Morgan fingerprint density at radius 2 is 1.83 bits per heavy atom. The van der Waals surface area contributed by atoms with Crippen molar-refractivity contribution in [2.24, 2.45) is 5.92 Å². The highest BCUT2D eigenvalue weighted by Crippen LogP contribution is 2.27. The van der Waals surface area contributed by atoms with Gasteiger partial charge in [0.2, 0.25) is 5.91 Å². The summed E-state index contributed by atoms with van der Waals surface area (Å²) in [6.07, 6.45) is 4.23. The van der Waals surface area contributed by atoms with Crippen LogP contribution < -0.4 is 0 Å². The van der Waals surface area contributed by atoms with E-state index in [1.165, 1.54) is 24.8 Å². The first kappa shape index (κ1) is 17.4. The minimum atomic E-state index is 0.131. The average molecular weight is 330 g/mol. The molecule has 0 bridgehead atoms.